The maximum Gasteiger partial charge on any atom is 0.221 e. The minimum absolute atomic E-state index is 0.454. The summed E-state index contributed by atoms with van der Waals surface area (Å²) in [7, 11) is 0. The van der Waals surface area contributed by atoms with Gasteiger partial charge in [-0.25, -0.2) is 0 Å². The van der Waals surface area contributed by atoms with Crippen LogP contribution in [0.25, 0.3) is 0 Å². The number of primary amides is 1. The van der Waals surface area contributed by atoms with Gasteiger partial charge >= 0.3 is 0 Å². The molecule has 0 aliphatic carbocycles. The summed E-state index contributed by atoms with van der Waals surface area (Å²) >= 11 is 0. The number of hydrogen-bond acceptors (Lipinski definition) is 2. The van der Waals surface area contributed by atoms with E-state index in [4.69, 9.17) is 5.73 Å². The van der Waals surface area contributed by atoms with Crippen molar-refractivity contribution in [3.8, 4) is 0 Å². The van der Waals surface area contributed by atoms with Crippen molar-refractivity contribution in [3.05, 3.63) is 0 Å². The van der Waals surface area contributed by atoms with Gasteiger partial charge in [0.15, 0.2) is 0 Å². The third-order valence-electron chi connectivity index (χ3n) is 1.77. The largest absolute Gasteiger partial charge is 0.369 e. The molecule has 3 nitrogen and oxygen atoms in total. The molecule has 10 heavy (non-hydrogen) atoms. The van der Waals surface area contributed by atoms with Gasteiger partial charge < -0.3 is 5.73 Å². The Morgan fingerprint density at radius 1 is 1.60 bits per heavy atom. The number of nitrogens with two attached hydrogens (primary N) is 1. The van der Waals surface area contributed by atoms with Crippen LogP contribution >= 0.6 is 0 Å². The Balaban J connectivity index is 4.31. The second-order valence-corrected chi connectivity index (χ2v) is 2.95. The second kappa shape index (κ2) is 2.82. The Bertz CT molecular complexity index is 152. The van der Waals surface area contributed by atoms with Crippen LogP contribution in [0.3, 0.4) is 0 Å². The number of hydrogen-bond donors (Lipinski definition) is 1. The van der Waals surface area contributed by atoms with Gasteiger partial charge in [-0.3, -0.25) is 9.59 Å². The SMILES string of the molecule is CC(C(N)=O)C(C)(C)[C]=O. The van der Waals surface area contributed by atoms with Gasteiger partial charge in [0, 0.05) is 11.3 Å². The van der Waals surface area contributed by atoms with Crippen molar-refractivity contribution in [2.75, 3.05) is 0 Å². The Labute approximate surface area is 60.6 Å². The predicted molar refractivity (Wildman–Crippen MR) is 37.8 cm³/mol. The van der Waals surface area contributed by atoms with Crippen molar-refractivity contribution in [1.29, 1.82) is 0 Å². The summed E-state index contributed by atoms with van der Waals surface area (Å²) in [6.07, 6.45) is 1.77. The molecule has 0 aromatic carbocycles. The minimum atomic E-state index is -0.758. The first-order valence-electron chi connectivity index (χ1n) is 3.10. The molecule has 0 aliphatic heterocycles. The first-order chi connectivity index (χ1) is 4.41. The molecule has 57 valence electrons. The normalized spacial score (nSPS) is 14.3. The topological polar surface area (TPSA) is 60.2 Å². The van der Waals surface area contributed by atoms with Gasteiger partial charge in [0.25, 0.3) is 0 Å². The van der Waals surface area contributed by atoms with Gasteiger partial charge in [0.1, 0.15) is 0 Å². The quantitative estimate of drug-likeness (QED) is 0.613. The first-order valence-corrected chi connectivity index (χ1v) is 3.10. The Morgan fingerprint density at radius 2 is 2.00 bits per heavy atom. The van der Waals surface area contributed by atoms with E-state index in [9.17, 15) is 9.59 Å². The fraction of sp³-hybridized carbons (Fsp3) is 0.714. The second-order valence-electron chi connectivity index (χ2n) is 2.95. The first kappa shape index (κ1) is 9.14. The summed E-state index contributed by atoms with van der Waals surface area (Å²) in [6, 6.07) is 0. The molecule has 0 aromatic heterocycles. The van der Waals surface area contributed by atoms with Crippen LogP contribution in [0.1, 0.15) is 20.8 Å². The van der Waals surface area contributed by atoms with E-state index in [1.165, 1.54) is 0 Å². The van der Waals surface area contributed by atoms with Crippen LogP contribution in [0.15, 0.2) is 0 Å². The molecule has 0 aliphatic rings. The third-order valence-corrected chi connectivity index (χ3v) is 1.77. The Morgan fingerprint density at radius 3 is 2.10 bits per heavy atom. The molecule has 0 fully saturated rings. The molecular formula is C7H12NO2. The highest BCUT2D eigenvalue weighted by atomic mass is 16.1. The molecule has 0 saturated heterocycles. The zero-order valence-electron chi connectivity index (χ0n) is 6.47. The Kier molecular flexibility index (Phi) is 2.57. The molecule has 0 spiro atoms. The lowest BCUT2D eigenvalue weighted by atomic mass is 9.81. The summed E-state index contributed by atoms with van der Waals surface area (Å²) in [5.74, 6) is -0.918. The zero-order valence-corrected chi connectivity index (χ0v) is 6.47. The average Bonchev–Trinajstić information content (AvgIpc) is 1.86. The van der Waals surface area contributed by atoms with E-state index in [0.29, 0.717) is 0 Å². The number of rotatable bonds is 3. The van der Waals surface area contributed by atoms with E-state index in [1.54, 1.807) is 27.1 Å². The van der Waals surface area contributed by atoms with Crippen LogP contribution < -0.4 is 5.73 Å². The molecule has 0 bridgehead atoms. The van der Waals surface area contributed by atoms with E-state index >= 15 is 0 Å². The van der Waals surface area contributed by atoms with Gasteiger partial charge in [-0.15, -0.1) is 0 Å². The summed E-state index contributed by atoms with van der Waals surface area (Å²) in [5, 5.41) is 0. The molecule has 0 rings (SSSR count). The lowest BCUT2D eigenvalue weighted by Crippen LogP contribution is -2.34. The molecule has 0 saturated carbocycles. The lowest BCUT2D eigenvalue weighted by molar-refractivity contribution is -0.123. The standard InChI is InChI=1S/C7H12NO2/c1-5(6(8)10)7(2,3)4-9/h5H,1-3H3,(H2,8,10). The molecule has 1 unspecified atom stereocenters. The molecule has 1 radical (unpaired) electrons. The maximum atomic E-state index is 10.5. The van der Waals surface area contributed by atoms with Crippen molar-refractivity contribution < 1.29 is 9.59 Å². The smallest absolute Gasteiger partial charge is 0.221 e. The van der Waals surface area contributed by atoms with Crippen LogP contribution in [0.2, 0.25) is 0 Å². The van der Waals surface area contributed by atoms with Gasteiger partial charge in [-0.2, -0.15) is 0 Å². The van der Waals surface area contributed by atoms with Crippen molar-refractivity contribution >= 4 is 12.2 Å². The number of carbonyl (C=O) groups excluding carboxylic acids is 2. The predicted octanol–water partition coefficient (Wildman–Crippen LogP) is 0.244. The van der Waals surface area contributed by atoms with Crippen molar-refractivity contribution in [2.45, 2.75) is 20.8 Å². The van der Waals surface area contributed by atoms with E-state index in [-0.39, 0.29) is 0 Å². The van der Waals surface area contributed by atoms with E-state index in [1.807, 2.05) is 0 Å². The molecule has 1 atom stereocenters. The number of carbonyl (C=O) groups is 1. The zero-order chi connectivity index (χ0) is 8.36. The van der Waals surface area contributed by atoms with E-state index < -0.39 is 17.2 Å². The molecule has 0 heterocycles. The summed E-state index contributed by atoms with van der Waals surface area (Å²) in [5.41, 5.74) is 4.22. The highest BCUT2D eigenvalue weighted by molar-refractivity contribution is 5.81. The van der Waals surface area contributed by atoms with Crippen LogP contribution in [0.4, 0.5) is 0 Å². The molecule has 0 aromatic rings. The molecular weight excluding hydrogens is 130 g/mol. The monoisotopic (exact) mass is 142 g/mol. The Hall–Kier alpha value is -0.860. The van der Waals surface area contributed by atoms with E-state index in [2.05, 4.69) is 0 Å². The van der Waals surface area contributed by atoms with Crippen molar-refractivity contribution in [2.24, 2.45) is 17.1 Å². The molecule has 1 amide bonds. The van der Waals surface area contributed by atoms with Gasteiger partial charge in [0.2, 0.25) is 12.2 Å². The van der Waals surface area contributed by atoms with E-state index in [0.717, 1.165) is 0 Å². The lowest BCUT2D eigenvalue weighted by Gasteiger charge is -2.20. The van der Waals surface area contributed by atoms with Crippen LogP contribution in [-0.4, -0.2) is 12.2 Å². The van der Waals surface area contributed by atoms with Gasteiger partial charge in [0.05, 0.1) is 0 Å². The van der Waals surface area contributed by atoms with Crippen LogP contribution in [-0.2, 0) is 9.59 Å². The van der Waals surface area contributed by atoms with Gasteiger partial charge in [-0.1, -0.05) is 20.8 Å². The van der Waals surface area contributed by atoms with Crippen molar-refractivity contribution in [1.82, 2.24) is 0 Å². The van der Waals surface area contributed by atoms with Crippen molar-refractivity contribution in [3.63, 3.8) is 0 Å². The van der Waals surface area contributed by atoms with Crippen LogP contribution in [0.5, 0.6) is 0 Å². The fourth-order valence-corrected chi connectivity index (χ4v) is 0.444. The molecule has 3 heteroatoms. The third kappa shape index (κ3) is 1.83. The molecule has 2 N–H and O–H groups in total. The summed E-state index contributed by atoms with van der Waals surface area (Å²) in [4.78, 5) is 20.8. The van der Waals surface area contributed by atoms with Crippen LogP contribution in [0, 0.1) is 11.3 Å². The highest BCUT2D eigenvalue weighted by Gasteiger charge is 2.30. The average molecular weight is 142 g/mol. The minimum Gasteiger partial charge on any atom is -0.369 e. The summed E-state index contributed by atoms with van der Waals surface area (Å²) in [6.45, 7) is 4.89. The van der Waals surface area contributed by atoms with Gasteiger partial charge in [-0.05, 0) is 0 Å². The highest BCUT2D eigenvalue weighted by Crippen LogP contribution is 2.22. The number of amides is 1. The fourth-order valence-electron chi connectivity index (χ4n) is 0.444. The summed E-state index contributed by atoms with van der Waals surface area (Å²) < 4.78 is 0. The maximum absolute atomic E-state index is 10.5.